The number of rotatable bonds is 6. The van der Waals surface area contributed by atoms with Gasteiger partial charge in [-0.1, -0.05) is 17.8 Å². The van der Waals surface area contributed by atoms with Gasteiger partial charge in [0, 0.05) is 52.6 Å². The van der Waals surface area contributed by atoms with Crippen LogP contribution in [0.3, 0.4) is 0 Å². The molecule has 3 aliphatic heterocycles. The van der Waals surface area contributed by atoms with Crippen molar-refractivity contribution < 1.29 is 19.1 Å². The quantitative estimate of drug-likeness (QED) is 0.653. The van der Waals surface area contributed by atoms with Crippen LogP contribution >= 0.6 is 11.8 Å². The number of amides is 2. The number of hydrogen-bond donors (Lipinski definition) is 2. The zero-order valence-corrected chi connectivity index (χ0v) is 19.5. The molecule has 32 heavy (non-hydrogen) atoms. The number of amidine groups is 1. The summed E-state index contributed by atoms with van der Waals surface area (Å²) >= 11 is 1.60. The molecule has 2 amide bonds. The summed E-state index contributed by atoms with van der Waals surface area (Å²) in [6.45, 7) is 5.63. The predicted molar refractivity (Wildman–Crippen MR) is 125 cm³/mol. The number of benzene rings is 1. The van der Waals surface area contributed by atoms with Gasteiger partial charge in [-0.15, -0.1) is 0 Å². The number of ether oxygens (including phenoxy) is 2. The number of nitrogens with one attached hydrogen (secondary N) is 2. The molecule has 0 bridgehead atoms. The van der Waals surface area contributed by atoms with Crippen LogP contribution in [0.15, 0.2) is 23.2 Å². The van der Waals surface area contributed by atoms with Crippen LogP contribution in [0.1, 0.15) is 22.3 Å². The molecule has 9 nitrogen and oxygen atoms in total. The number of hydrogen-bond acceptors (Lipinski definition) is 8. The molecule has 3 heterocycles. The molecule has 0 spiro atoms. The fourth-order valence-corrected chi connectivity index (χ4v) is 5.20. The highest BCUT2D eigenvalue weighted by molar-refractivity contribution is 8.14. The number of nitrogens with zero attached hydrogens (tertiary/aromatic N) is 3. The summed E-state index contributed by atoms with van der Waals surface area (Å²) in [6, 6.07) is 5.17. The molecule has 0 saturated carbocycles. The van der Waals surface area contributed by atoms with E-state index < -0.39 is 6.04 Å². The second kappa shape index (κ2) is 10.7. The topological polar surface area (TPSA) is 95.5 Å². The van der Waals surface area contributed by atoms with E-state index in [2.05, 4.69) is 25.4 Å². The molecule has 174 valence electrons. The Morgan fingerprint density at radius 2 is 2.09 bits per heavy atom. The van der Waals surface area contributed by atoms with Crippen LogP contribution in [0.5, 0.6) is 0 Å². The number of carbonyl (C=O) groups excluding carboxylic acids is 2. The second-order valence-electron chi connectivity index (χ2n) is 8.17. The van der Waals surface area contributed by atoms with Gasteiger partial charge in [-0.2, -0.15) is 0 Å². The van der Waals surface area contributed by atoms with Crippen molar-refractivity contribution in [1.82, 2.24) is 15.1 Å². The highest BCUT2D eigenvalue weighted by atomic mass is 32.2. The molecule has 3 aliphatic rings. The van der Waals surface area contributed by atoms with Crippen molar-refractivity contribution in [3.05, 3.63) is 29.3 Å². The first-order chi connectivity index (χ1) is 15.6. The Morgan fingerprint density at radius 3 is 2.81 bits per heavy atom. The third-order valence-corrected chi connectivity index (χ3v) is 7.12. The van der Waals surface area contributed by atoms with Crippen LogP contribution in [0, 0.1) is 0 Å². The van der Waals surface area contributed by atoms with Gasteiger partial charge in [-0.05, 0) is 24.1 Å². The summed E-state index contributed by atoms with van der Waals surface area (Å²) in [5.41, 5.74) is 2.00. The summed E-state index contributed by atoms with van der Waals surface area (Å²) in [4.78, 5) is 34.6. The van der Waals surface area contributed by atoms with E-state index in [4.69, 9.17) is 9.47 Å². The molecule has 1 unspecified atom stereocenters. The highest BCUT2D eigenvalue weighted by Crippen LogP contribution is 2.26. The average molecular weight is 462 g/mol. The molecule has 2 saturated heterocycles. The molecular formula is C22H31N5O4S. The number of carbonyl (C=O) groups is 2. The number of morpholine rings is 1. The molecular weight excluding hydrogens is 430 g/mol. The monoisotopic (exact) mass is 461 g/mol. The fourth-order valence-electron chi connectivity index (χ4n) is 4.12. The van der Waals surface area contributed by atoms with E-state index in [0.717, 1.165) is 63.1 Å². The average Bonchev–Trinajstić information content (AvgIpc) is 3.50. The molecule has 2 N–H and O–H groups in total. The maximum Gasteiger partial charge on any atom is 0.253 e. The maximum absolute atomic E-state index is 12.9. The van der Waals surface area contributed by atoms with Gasteiger partial charge in [0.25, 0.3) is 5.91 Å². The minimum atomic E-state index is -0.470. The molecule has 10 heteroatoms. The smallest absolute Gasteiger partial charge is 0.253 e. The number of thioether (sulfide) groups is 1. The van der Waals surface area contributed by atoms with Crippen LogP contribution in [0.4, 0.5) is 5.69 Å². The highest BCUT2D eigenvalue weighted by Gasteiger charge is 2.32. The zero-order valence-electron chi connectivity index (χ0n) is 18.6. The Bertz CT molecular complexity index is 874. The van der Waals surface area contributed by atoms with Crippen molar-refractivity contribution in [2.24, 2.45) is 4.99 Å². The van der Waals surface area contributed by atoms with Crippen molar-refractivity contribution in [3.63, 3.8) is 0 Å². The van der Waals surface area contributed by atoms with Gasteiger partial charge in [0.15, 0.2) is 5.17 Å². The Kier molecular flexibility index (Phi) is 7.67. The Labute approximate surface area is 192 Å². The van der Waals surface area contributed by atoms with Gasteiger partial charge in [0.1, 0.15) is 6.04 Å². The Morgan fingerprint density at radius 1 is 1.28 bits per heavy atom. The van der Waals surface area contributed by atoms with Gasteiger partial charge in [0.2, 0.25) is 5.91 Å². The molecule has 0 radical (unpaired) electrons. The largest absolute Gasteiger partial charge is 0.380 e. The lowest BCUT2D eigenvalue weighted by Gasteiger charge is -2.26. The molecule has 2 atom stereocenters. The lowest BCUT2D eigenvalue weighted by atomic mass is 10.1. The summed E-state index contributed by atoms with van der Waals surface area (Å²) in [5, 5.41) is 6.51. The van der Waals surface area contributed by atoms with Gasteiger partial charge < -0.3 is 25.0 Å². The lowest BCUT2D eigenvalue weighted by Crippen LogP contribution is -2.35. The number of anilines is 1. The number of aliphatic imine (C=N–C) groups is 1. The second-order valence-corrected chi connectivity index (χ2v) is 9.15. The van der Waals surface area contributed by atoms with E-state index in [1.54, 1.807) is 25.9 Å². The minimum absolute atomic E-state index is 0.193. The summed E-state index contributed by atoms with van der Waals surface area (Å²) in [7, 11) is 3.32. The van der Waals surface area contributed by atoms with Crippen LogP contribution in [-0.2, 0) is 20.8 Å². The van der Waals surface area contributed by atoms with Crippen molar-refractivity contribution in [1.29, 1.82) is 0 Å². The van der Waals surface area contributed by atoms with E-state index in [-0.39, 0.29) is 17.9 Å². The van der Waals surface area contributed by atoms with E-state index in [1.165, 1.54) is 0 Å². The standard InChI is InChI=1S/C22H31N5O4S/c1-23-20(28)17-11-15(12-26-7-9-31-10-8-26)3-4-18(17)24-21(29)19-14-32-22(25-19)27-6-5-16(13-27)30-2/h3-4,11,16,19H,5-10,12-14H2,1-2H3,(H,23,28)(H,24,29)/t16-,19?/m0/s1. The van der Waals surface area contributed by atoms with E-state index >= 15 is 0 Å². The van der Waals surface area contributed by atoms with Crippen LogP contribution in [0.2, 0.25) is 0 Å². The lowest BCUT2D eigenvalue weighted by molar-refractivity contribution is -0.116. The molecule has 1 aromatic carbocycles. The third-order valence-electron chi connectivity index (χ3n) is 6.01. The van der Waals surface area contributed by atoms with Crippen molar-refractivity contribution in [2.45, 2.75) is 25.1 Å². The van der Waals surface area contributed by atoms with Gasteiger partial charge >= 0.3 is 0 Å². The minimum Gasteiger partial charge on any atom is -0.380 e. The first-order valence-corrected chi connectivity index (χ1v) is 12.0. The molecule has 2 fully saturated rings. The molecule has 4 rings (SSSR count). The third kappa shape index (κ3) is 5.43. The summed E-state index contributed by atoms with van der Waals surface area (Å²) in [6.07, 6.45) is 1.19. The first-order valence-electron chi connectivity index (χ1n) is 11.0. The van der Waals surface area contributed by atoms with Gasteiger partial charge in [-0.3, -0.25) is 14.5 Å². The van der Waals surface area contributed by atoms with E-state index in [9.17, 15) is 9.59 Å². The molecule has 0 aromatic heterocycles. The van der Waals surface area contributed by atoms with Gasteiger partial charge in [0.05, 0.1) is 30.6 Å². The number of likely N-dealkylation sites (tertiary alicyclic amines) is 1. The SMILES string of the molecule is CNC(=O)c1cc(CN2CCOCC2)ccc1NC(=O)C1CSC(N2CC[C@H](OC)C2)=N1. The maximum atomic E-state index is 12.9. The van der Waals surface area contributed by atoms with Crippen molar-refractivity contribution in [2.75, 3.05) is 64.6 Å². The van der Waals surface area contributed by atoms with Crippen LogP contribution in [0.25, 0.3) is 0 Å². The Balaban J connectivity index is 1.43. The summed E-state index contributed by atoms with van der Waals surface area (Å²) < 4.78 is 10.8. The van der Waals surface area contributed by atoms with Crippen molar-refractivity contribution >= 4 is 34.4 Å². The van der Waals surface area contributed by atoms with Crippen LogP contribution < -0.4 is 10.6 Å². The fraction of sp³-hybridized carbons (Fsp3) is 0.591. The molecule has 1 aromatic rings. The van der Waals surface area contributed by atoms with E-state index in [1.807, 2.05) is 18.2 Å². The zero-order chi connectivity index (χ0) is 22.5. The van der Waals surface area contributed by atoms with Gasteiger partial charge in [-0.25, -0.2) is 4.99 Å². The first kappa shape index (κ1) is 23.0. The van der Waals surface area contributed by atoms with Crippen LogP contribution in [-0.4, -0.2) is 98.2 Å². The predicted octanol–water partition coefficient (Wildman–Crippen LogP) is 1.01. The number of methoxy groups -OCH3 is 1. The Hall–Kier alpha value is -2.14. The normalized spacial score (nSPS) is 23.8. The van der Waals surface area contributed by atoms with E-state index in [0.29, 0.717) is 17.0 Å². The van der Waals surface area contributed by atoms with Crippen molar-refractivity contribution in [3.8, 4) is 0 Å². The summed E-state index contributed by atoms with van der Waals surface area (Å²) in [5.74, 6) is 0.178. The molecule has 0 aliphatic carbocycles.